The lowest BCUT2D eigenvalue weighted by atomic mass is 9.87. The van der Waals surface area contributed by atoms with Crippen molar-refractivity contribution in [3.63, 3.8) is 0 Å². The first-order valence-corrected chi connectivity index (χ1v) is 5.43. The van der Waals surface area contributed by atoms with Gasteiger partial charge in [-0.25, -0.2) is 4.79 Å². The molecule has 1 fully saturated rings. The van der Waals surface area contributed by atoms with Gasteiger partial charge in [0.1, 0.15) is 6.61 Å². The molecule has 6 heteroatoms. The van der Waals surface area contributed by atoms with Crippen molar-refractivity contribution in [3.8, 4) is 0 Å². The number of hydrogen-bond acceptors (Lipinski definition) is 4. The molecule has 6 nitrogen and oxygen atoms in total. The molecule has 0 aliphatic carbocycles. The molecule has 17 heavy (non-hydrogen) atoms. The Morgan fingerprint density at radius 2 is 2.12 bits per heavy atom. The number of alkyl carbamates (subject to hydrolysis) is 1. The van der Waals surface area contributed by atoms with Gasteiger partial charge >= 0.3 is 12.1 Å². The fraction of sp³-hybridized carbons (Fsp3) is 0.636. The van der Waals surface area contributed by atoms with Crippen molar-refractivity contribution >= 4 is 12.1 Å². The van der Waals surface area contributed by atoms with Gasteiger partial charge in [0, 0.05) is 13.2 Å². The third-order valence-electron chi connectivity index (χ3n) is 2.64. The van der Waals surface area contributed by atoms with Crippen molar-refractivity contribution in [2.24, 2.45) is 0 Å². The Kier molecular flexibility index (Phi) is 4.96. The SMILES string of the molecule is C=CCOC(=O)NC1(CC(=O)O)CCOCC1. The van der Waals surface area contributed by atoms with Crippen molar-refractivity contribution in [1.29, 1.82) is 0 Å². The van der Waals surface area contributed by atoms with Gasteiger partial charge < -0.3 is 19.9 Å². The summed E-state index contributed by atoms with van der Waals surface area (Å²) >= 11 is 0. The quantitative estimate of drug-likeness (QED) is 0.701. The summed E-state index contributed by atoms with van der Waals surface area (Å²) in [7, 11) is 0. The standard InChI is InChI=1S/C11H17NO5/c1-2-5-17-10(15)12-11(8-9(13)14)3-6-16-7-4-11/h2H,1,3-8H2,(H,12,15)(H,13,14). The van der Waals surface area contributed by atoms with Gasteiger partial charge in [-0.05, 0) is 12.8 Å². The van der Waals surface area contributed by atoms with Crippen molar-refractivity contribution in [1.82, 2.24) is 5.32 Å². The number of rotatable bonds is 5. The van der Waals surface area contributed by atoms with E-state index in [4.69, 9.17) is 14.6 Å². The Bertz CT molecular complexity index is 296. The lowest BCUT2D eigenvalue weighted by Crippen LogP contribution is -2.53. The molecule has 0 unspecified atom stereocenters. The normalized spacial score (nSPS) is 18.1. The smallest absolute Gasteiger partial charge is 0.407 e. The van der Waals surface area contributed by atoms with E-state index in [1.54, 1.807) is 0 Å². The molecule has 2 N–H and O–H groups in total. The molecule has 1 aliphatic heterocycles. The number of carbonyl (C=O) groups excluding carboxylic acids is 1. The molecule has 96 valence electrons. The van der Waals surface area contributed by atoms with E-state index < -0.39 is 17.6 Å². The van der Waals surface area contributed by atoms with Gasteiger partial charge in [-0.2, -0.15) is 0 Å². The van der Waals surface area contributed by atoms with Crippen LogP contribution in [0.4, 0.5) is 4.79 Å². The predicted octanol–water partition coefficient (Wildman–Crippen LogP) is 0.922. The monoisotopic (exact) mass is 243 g/mol. The Balaban J connectivity index is 2.59. The molecular weight excluding hydrogens is 226 g/mol. The second-order valence-electron chi connectivity index (χ2n) is 3.98. The summed E-state index contributed by atoms with van der Waals surface area (Å²) in [6, 6.07) is 0. The van der Waals surface area contributed by atoms with Crippen molar-refractivity contribution < 1.29 is 24.2 Å². The Morgan fingerprint density at radius 1 is 1.47 bits per heavy atom. The molecule has 0 atom stereocenters. The van der Waals surface area contributed by atoms with E-state index in [0.717, 1.165) is 0 Å². The second-order valence-corrected chi connectivity index (χ2v) is 3.98. The maximum atomic E-state index is 11.4. The zero-order valence-electron chi connectivity index (χ0n) is 9.61. The Hall–Kier alpha value is -1.56. The Labute approximate surface area is 99.6 Å². The highest BCUT2D eigenvalue weighted by Crippen LogP contribution is 2.24. The van der Waals surface area contributed by atoms with E-state index in [2.05, 4.69) is 11.9 Å². The lowest BCUT2D eigenvalue weighted by molar-refractivity contribution is -0.139. The molecule has 1 saturated heterocycles. The van der Waals surface area contributed by atoms with Crippen LogP contribution in [-0.4, -0.2) is 42.5 Å². The molecule has 1 amide bonds. The molecule has 1 rings (SSSR count). The molecule has 1 heterocycles. The van der Waals surface area contributed by atoms with Gasteiger partial charge in [-0.1, -0.05) is 12.7 Å². The van der Waals surface area contributed by atoms with Crippen LogP contribution in [0, 0.1) is 0 Å². The highest BCUT2D eigenvalue weighted by Gasteiger charge is 2.36. The van der Waals surface area contributed by atoms with Crippen LogP contribution in [0.3, 0.4) is 0 Å². The molecule has 1 aliphatic rings. The second kappa shape index (κ2) is 6.24. The number of hydrogen-bond donors (Lipinski definition) is 2. The fourth-order valence-corrected chi connectivity index (χ4v) is 1.78. The summed E-state index contributed by atoms with van der Waals surface area (Å²) in [6.45, 7) is 4.41. The van der Waals surface area contributed by atoms with Crippen LogP contribution in [0.15, 0.2) is 12.7 Å². The van der Waals surface area contributed by atoms with E-state index in [1.807, 2.05) is 0 Å². The lowest BCUT2D eigenvalue weighted by Gasteiger charge is -2.36. The zero-order chi connectivity index (χ0) is 12.7. The van der Waals surface area contributed by atoms with Gasteiger partial charge in [-0.3, -0.25) is 4.79 Å². The van der Waals surface area contributed by atoms with Crippen molar-refractivity contribution in [2.75, 3.05) is 19.8 Å². The first-order chi connectivity index (χ1) is 8.08. The van der Waals surface area contributed by atoms with Gasteiger partial charge in [0.2, 0.25) is 0 Å². The number of carbonyl (C=O) groups is 2. The largest absolute Gasteiger partial charge is 0.481 e. The van der Waals surface area contributed by atoms with Crippen LogP contribution in [0.25, 0.3) is 0 Å². The molecule has 0 aromatic heterocycles. The van der Waals surface area contributed by atoms with Crippen LogP contribution in [0.5, 0.6) is 0 Å². The van der Waals surface area contributed by atoms with Crippen LogP contribution < -0.4 is 5.32 Å². The number of amides is 1. The first-order valence-electron chi connectivity index (χ1n) is 5.43. The summed E-state index contributed by atoms with van der Waals surface area (Å²) in [4.78, 5) is 22.3. The predicted molar refractivity (Wildman–Crippen MR) is 59.7 cm³/mol. The minimum atomic E-state index is -0.948. The summed E-state index contributed by atoms with van der Waals surface area (Å²) in [5.74, 6) is -0.948. The van der Waals surface area contributed by atoms with E-state index in [0.29, 0.717) is 26.1 Å². The maximum absolute atomic E-state index is 11.4. The molecule has 0 radical (unpaired) electrons. The molecule has 0 saturated carbocycles. The molecule has 0 spiro atoms. The van der Waals surface area contributed by atoms with Crippen LogP contribution >= 0.6 is 0 Å². The average molecular weight is 243 g/mol. The summed E-state index contributed by atoms with van der Waals surface area (Å²) in [5.41, 5.74) is -0.762. The fourth-order valence-electron chi connectivity index (χ4n) is 1.78. The van der Waals surface area contributed by atoms with E-state index >= 15 is 0 Å². The minimum absolute atomic E-state index is 0.103. The van der Waals surface area contributed by atoms with Gasteiger partial charge in [0.25, 0.3) is 0 Å². The van der Waals surface area contributed by atoms with Gasteiger partial charge in [0.05, 0.1) is 12.0 Å². The topological polar surface area (TPSA) is 84.9 Å². The average Bonchev–Trinajstić information content (AvgIpc) is 2.26. The summed E-state index contributed by atoms with van der Waals surface area (Å²) in [5, 5.41) is 11.5. The molecule has 0 aromatic carbocycles. The maximum Gasteiger partial charge on any atom is 0.407 e. The summed E-state index contributed by atoms with van der Waals surface area (Å²) < 4.78 is 9.97. The van der Waals surface area contributed by atoms with Crippen LogP contribution in [0.1, 0.15) is 19.3 Å². The summed E-state index contributed by atoms with van der Waals surface area (Å²) in [6.07, 6.45) is 1.66. The number of carboxylic acid groups (broad SMARTS) is 1. The van der Waals surface area contributed by atoms with Gasteiger partial charge in [-0.15, -0.1) is 0 Å². The highest BCUT2D eigenvalue weighted by atomic mass is 16.5. The third-order valence-corrected chi connectivity index (χ3v) is 2.64. The van der Waals surface area contributed by atoms with Gasteiger partial charge in [0.15, 0.2) is 0 Å². The number of ether oxygens (including phenoxy) is 2. The van der Waals surface area contributed by atoms with Crippen LogP contribution in [0.2, 0.25) is 0 Å². The molecular formula is C11H17NO5. The van der Waals surface area contributed by atoms with E-state index in [1.165, 1.54) is 6.08 Å². The number of carboxylic acids is 1. The Morgan fingerprint density at radius 3 is 2.65 bits per heavy atom. The molecule has 0 aromatic rings. The van der Waals surface area contributed by atoms with E-state index in [9.17, 15) is 9.59 Å². The van der Waals surface area contributed by atoms with Crippen molar-refractivity contribution in [3.05, 3.63) is 12.7 Å². The molecule has 0 bridgehead atoms. The highest BCUT2D eigenvalue weighted by molar-refractivity contribution is 5.72. The zero-order valence-corrected chi connectivity index (χ0v) is 9.61. The first kappa shape index (κ1) is 13.5. The third kappa shape index (κ3) is 4.44. The number of aliphatic carboxylic acids is 1. The van der Waals surface area contributed by atoms with Crippen molar-refractivity contribution in [2.45, 2.75) is 24.8 Å². The minimum Gasteiger partial charge on any atom is -0.481 e. The van der Waals surface area contributed by atoms with E-state index in [-0.39, 0.29) is 13.0 Å². The van der Waals surface area contributed by atoms with Crippen LogP contribution in [-0.2, 0) is 14.3 Å². The number of nitrogens with one attached hydrogen (secondary N) is 1.